The Hall–Kier alpha value is -1.39. The molecule has 2 heterocycles. The summed E-state index contributed by atoms with van der Waals surface area (Å²) in [6.45, 7) is 4.80. The average molecular weight is 334 g/mol. The molecule has 1 fully saturated rings. The highest BCUT2D eigenvalue weighted by Gasteiger charge is 2.43. The highest BCUT2D eigenvalue weighted by atomic mass is 35.5. The van der Waals surface area contributed by atoms with Crippen LogP contribution < -0.4 is 11.3 Å². The third-order valence-corrected chi connectivity index (χ3v) is 5.57. The average Bonchev–Trinajstić information content (AvgIpc) is 3.09. The lowest BCUT2D eigenvalue weighted by Crippen LogP contribution is -2.27. The van der Waals surface area contributed by atoms with Gasteiger partial charge in [-0.3, -0.25) is 9.36 Å². The molecular formula is C18H24ClN3O. The summed E-state index contributed by atoms with van der Waals surface area (Å²) in [5, 5.41) is 0.728. The molecule has 1 spiro atoms. The number of fused-ring (bicyclic) bond motifs is 3. The van der Waals surface area contributed by atoms with Crippen LogP contribution in [0, 0.1) is 6.92 Å². The van der Waals surface area contributed by atoms with E-state index < -0.39 is 0 Å². The Kier molecular flexibility index (Phi) is 4.01. The van der Waals surface area contributed by atoms with E-state index in [1.165, 1.54) is 25.7 Å². The van der Waals surface area contributed by atoms with Gasteiger partial charge in [-0.1, -0.05) is 18.9 Å². The zero-order valence-corrected chi connectivity index (χ0v) is 14.6. The number of nitrogens with zero attached hydrogens (tertiary/aromatic N) is 2. The maximum Gasteiger partial charge on any atom is 0.261 e. The van der Waals surface area contributed by atoms with E-state index in [2.05, 4.69) is 6.07 Å². The predicted octanol–water partition coefficient (Wildman–Crippen LogP) is 3.36. The second-order valence-corrected chi connectivity index (χ2v) is 7.17. The van der Waals surface area contributed by atoms with Crippen LogP contribution in [0.3, 0.4) is 0 Å². The quantitative estimate of drug-likeness (QED) is 0.870. The summed E-state index contributed by atoms with van der Waals surface area (Å²) in [6.07, 6.45) is 5.91. The largest absolute Gasteiger partial charge is 0.324 e. The Labute approximate surface area is 142 Å². The summed E-state index contributed by atoms with van der Waals surface area (Å²) in [7, 11) is 0. The minimum absolute atomic E-state index is 0. The van der Waals surface area contributed by atoms with Crippen LogP contribution in [0.5, 0.6) is 0 Å². The molecule has 4 rings (SSSR count). The third kappa shape index (κ3) is 2.31. The molecule has 0 unspecified atom stereocenters. The summed E-state index contributed by atoms with van der Waals surface area (Å²) in [5.41, 5.74) is 9.30. The second kappa shape index (κ2) is 5.60. The molecule has 1 atom stereocenters. The van der Waals surface area contributed by atoms with Crippen molar-refractivity contribution in [2.75, 3.05) is 0 Å². The highest BCUT2D eigenvalue weighted by molar-refractivity contribution is 5.85. The van der Waals surface area contributed by atoms with Crippen LogP contribution in [0.15, 0.2) is 16.9 Å². The van der Waals surface area contributed by atoms with Crippen molar-refractivity contribution < 1.29 is 0 Å². The molecule has 1 aromatic carbocycles. The lowest BCUT2D eigenvalue weighted by Gasteiger charge is -2.22. The van der Waals surface area contributed by atoms with Gasteiger partial charge in [0.25, 0.3) is 5.56 Å². The number of halogens is 1. The van der Waals surface area contributed by atoms with Crippen molar-refractivity contribution in [1.29, 1.82) is 0 Å². The van der Waals surface area contributed by atoms with Crippen LogP contribution in [0.25, 0.3) is 10.9 Å². The van der Waals surface area contributed by atoms with Crippen LogP contribution in [0.1, 0.15) is 62.0 Å². The minimum atomic E-state index is -0.113. The van der Waals surface area contributed by atoms with Crippen molar-refractivity contribution in [2.24, 2.45) is 5.73 Å². The number of hydrogen-bond acceptors (Lipinski definition) is 3. The lowest BCUT2D eigenvalue weighted by molar-refractivity contribution is 0.429. The lowest BCUT2D eigenvalue weighted by atomic mass is 9.84. The molecule has 0 amide bonds. The van der Waals surface area contributed by atoms with E-state index in [9.17, 15) is 4.79 Å². The molecule has 23 heavy (non-hydrogen) atoms. The van der Waals surface area contributed by atoms with E-state index in [-0.39, 0.29) is 29.4 Å². The smallest absolute Gasteiger partial charge is 0.261 e. The normalized spacial score (nSPS) is 19.8. The molecule has 1 saturated carbocycles. The van der Waals surface area contributed by atoms with Gasteiger partial charge in [-0.25, -0.2) is 4.98 Å². The molecule has 124 valence electrons. The van der Waals surface area contributed by atoms with Gasteiger partial charge >= 0.3 is 0 Å². The number of aromatic nitrogens is 2. The minimum Gasteiger partial charge on any atom is -0.324 e. The van der Waals surface area contributed by atoms with Gasteiger partial charge in [-0.05, 0) is 50.3 Å². The van der Waals surface area contributed by atoms with Gasteiger partial charge in [0, 0.05) is 18.0 Å². The standard InChI is InChI=1S/C18H23N3O.ClH/c1-11-9-13(12(2)19)15-14(10-11)16(22)21-8-7-18(17(21)20-15)5-3-4-6-18;/h9-10,12H,3-8,19H2,1-2H3;1H/t12-;/m1./s1. The fourth-order valence-electron chi connectivity index (χ4n) is 4.42. The van der Waals surface area contributed by atoms with Crippen LogP contribution in [-0.2, 0) is 12.0 Å². The second-order valence-electron chi connectivity index (χ2n) is 7.17. The van der Waals surface area contributed by atoms with Crippen LogP contribution in [-0.4, -0.2) is 9.55 Å². The molecule has 0 saturated heterocycles. The Morgan fingerprint density at radius 2 is 1.96 bits per heavy atom. The molecule has 2 aliphatic rings. The van der Waals surface area contributed by atoms with Gasteiger partial charge in [-0.15, -0.1) is 12.4 Å². The van der Waals surface area contributed by atoms with Crippen molar-refractivity contribution in [3.8, 4) is 0 Å². The Balaban J connectivity index is 0.00000156. The van der Waals surface area contributed by atoms with Gasteiger partial charge in [-0.2, -0.15) is 0 Å². The van der Waals surface area contributed by atoms with Crippen molar-refractivity contribution in [3.05, 3.63) is 39.4 Å². The predicted molar refractivity (Wildman–Crippen MR) is 95.4 cm³/mol. The number of benzene rings is 1. The number of hydrogen-bond donors (Lipinski definition) is 1. The summed E-state index contributed by atoms with van der Waals surface area (Å²) in [5.74, 6) is 1.02. The molecule has 1 aromatic heterocycles. The molecular weight excluding hydrogens is 310 g/mol. The maximum atomic E-state index is 13.0. The van der Waals surface area contributed by atoms with Gasteiger partial charge in [0.1, 0.15) is 5.82 Å². The zero-order chi connectivity index (χ0) is 15.5. The molecule has 1 aliphatic heterocycles. The van der Waals surface area contributed by atoms with Crippen LogP contribution in [0.4, 0.5) is 0 Å². The van der Waals surface area contributed by atoms with Crippen LogP contribution >= 0.6 is 12.4 Å². The Bertz CT molecular complexity index is 819. The van der Waals surface area contributed by atoms with Crippen molar-refractivity contribution in [1.82, 2.24) is 9.55 Å². The summed E-state index contributed by atoms with van der Waals surface area (Å²) in [4.78, 5) is 18.0. The van der Waals surface area contributed by atoms with Crippen molar-refractivity contribution >= 4 is 23.3 Å². The van der Waals surface area contributed by atoms with Gasteiger partial charge in [0.15, 0.2) is 0 Å². The fraction of sp³-hybridized carbons (Fsp3) is 0.556. The molecule has 2 N–H and O–H groups in total. The van der Waals surface area contributed by atoms with Gasteiger partial charge in [0.2, 0.25) is 0 Å². The number of nitrogens with two attached hydrogens (primary N) is 1. The monoisotopic (exact) mass is 333 g/mol. The van der Waals surface area contributed by atoms with E-state index in [1.807, 2.05) is 24.5 Å². The molecule has 4 nitrogen and oxygen atoms in total. The van der Waals surface area contributed by atoms with Gasteiger partial charge in [0.05, 0.1) is 10.9 Å². The zero-order valence-electron chi connectivity index (χ0n) is 13.8. The third-order valence-electron chi connectivity index (χ3n) is 5.57. The summed E-state index contributed by atoms with van der Waals surface area (Å²) < 4.78 is 1.93. The van der Waals surface area contributed by atoms with Crippen molar-refractivity contribution in [2.45, 2.75) is 64.0 Å². The highest BCUT2D eigenvalue weighted by Crippen LogP contribution is 2.46. The summed E-state index contributed by atoms with van der Waals surface area (Å²) in [6, 6.07) is 3.93. The van der Waals surface area contributed by atoms with Crippen molar-refractivity contribution in [3.63, 3.8) is 0 Å². The Morgan fingerprint density at radius 1 is 1.26 bits per heavy atom. The molecule has 0 bridgehead atoms. The van der Waals surface area contributed by atoms with E-state index in [0.29, 0.717) is 0 Å². The molecule has 1 aliphatic carbocycles. The first kappa shape index (κ1) is 16.5. The number of aryl methyl sites for hydroxylation is 1. The first-order valence-corrected chi connectivity index (χ1v) is 8.33. The fourth-order valence-corrected chi connectivity index (χ4v) is 4.42. The van der Waals surface area contributed by atoms with Gasteiger partial charge < -0.3 is 5.73 Å². The molecule has 2 aromatic rings. The first-order valence-electron chi connectivity index (χ1n) is 8.33. The van der Waals surface area contributed by atoms with E-state index >= 15 is 0 Å². The summed E-state index contributed by atoms with van der Waals surface area (Å²) >= 11 is 0. The molecule has 5 heteroatoms. The topological polar surface area (TPSA) is 60.9 Å². The maximum absolute atomic E-state index is 13.0. The molecule has 0 radical (unpaired) electrons. The van der Waals surface area contributed by atoms with E-state index in [1.54, 1.807) is 0 Å². The van der Waals surface area contributed by atoms with Crippen LogP contribution in [0.2, 0.25) is 0 Å². The van der Waals surface area contributed by atoms with E-state index in [0.717, 1.165) is 40.8 Å². The Morgan fingerprint density at radius 3 is 2.61 bits per heavy atom. The number of rotatable bonds is 1. The SMILES string of the molecule is Cc1cc([C@@H](C)N)c2nc3n(c(=O)c2c1)CCC31CCCC1.Cl. The van der Waals surface area contributed by atoms with E-state index in [4.69, 9.17) is 10.7 Å². The first-order chi connectivity index (χ1) is 10.5.